The van der Waals surface area contributed by atoms with Gasteiger partial charge in [-0.05, 0) is 48.4 Å². The van der Waals surface area contributed by atoms with Crippen LogP contribution in [0.2, 0.25) is 0 Å². The van der Waals surface area contributed by atoms with Crippen molar-refractivity contribution < 1.29 is 13.2 Å². The minimum absolute atomic E-state index is 0.172. The molecule has 0 bridgehead atoms. The van der Waals surface area contributed by atoms with Gasteiger partial charge in [0.05, 0.1) is 15.6 Å². The molecular formula is C24H20N2O3S2. The highest BCUT2D eigenvalue weighted by molar-refractivity contribution is 7.90. The molecule has 156 valence electrons. The molecule has 5 nitrogen and oxygen atoms in total. The molecule has 0 aliphatic carbocycles. The quantitative estimate of drug-likeness (QED) is 0.441. The van der Waals surface area contributed by atoms with E-state index in [-0.39, 0.29) is 10.8 Å². The van der Waals surface area contributed by atoms with Gasteiger partial charge in [0.2, 0.25) is 0 Å². The third-order valence-corrected chi connectivity index (χ3v) is 6.69. The average Bonchev–Trinajstić information content (AvgIpc) is 3.20. The monoisotopic (exact) mass is 448 g/mol. The molecule has 0 saturated carbocycles. The average molecular weight is 449 g/mol. The van der Waals surface area contributed by atoms with E-state index in [1.807, 2.05) is 66.9 Å². The summed E-state index contributed by atoms with van der Waals surface area (Å²) in [5.41, 5.74) is 4.26. The number of hydrogen-bond donors (Lipinski definition) is 1. The molecule has 3 aromatic carbocycles. The van der Waals surface area contributed by atoms with E-state index in [4.69, 9.17) is 0 Å². The molecule has 4 rings (SSSR count). The molecule has 7 heteroatoms. The van der Waals surface area contributed by atoms with E-state index in [1.54, 1.807) is 23.5 Å². The molecule has 0 unspecified atom stereocenters. The van der Waals surface area contributed by atoms with Crippen molar-refractivity contribution in [2.75, 3.05) is 11.6 Å². The van der Waals surface area contributed by atoms with Gasteiger partial charge in [0.1, 0.15) is 0 Å². The van der Waals surface area contributed by atoms with Gasteiger partial charge in [-0.15, -0.1) is 11.3 Å². The zero-order chi connectivity index (χ0) is 22.0. The van der Waals surface area contributed by atoms with Crippen LogP contribution in [-0.4, -0.2) is 25.6 Å². The van der Waals surface area contributed by atoms with Gasteiger partial charge in [0, 0.05) is 28.5 Å². The first-order valence-corrected chi connectivity index (χ1v) is 12.3. The molecule has 0 aliphatic rings. The van der Waals surface area contributed by atoms with E-state index >= 15 is 0 Å². The van der Waals surface area contributed by atoms with Gasteiger partial charge in [-0.1, -0.05) is 42.5 Å². The number of aryl methyl sites for hydroxylation is 1. The largest absolute Gasteiger partial charge is 0.322 e. The lowest BCUT2D eigenvalue weighted by atomic mass is 9.99. The molecule has 0 saturated heterocycles. The lowest BCUT2D eigenvalue weighted by Gasteiger charge is -2.12. The van der Waals surface area contributed by atoms with Crippen molar-refractivity contribution in [3.8, 4) is 22.4 Å². The van der Waals surface area contributed by atoms with Crippen LogP contribution >= 0.6 is 11.3 Å². The molecule has 1 amide bonds. The van der Waals surface area contributed by atoms with E-state index < -0.39 is 9.84 Å². The lowest BCUT2D eigenvalue weighted by Crippen LogP contribution is -2.13. The van der Waals surface area contributed by atoms with Crippen LogP contribution in [0.4, 0.5) is 5.69 Å². The van der Waals surface area contributed by atoms with Gasteiger partial charge in [-0.3, -0.25) is 4.79 Å². The van der Waals surface area contributed by atoms with Crippen LogP contribution < -0.4 is 5.32 Å². The number of nitrogens with zero attached hydrogens (tertiary/aromatic N) is 1. The molecule has 4 aromatic rings. The summed E-state index contributed by atoms with van der Waals surface area (Å²) in [5.74, 6) is -0.309. The minimum Gasteiger partial charge on any atom is -0.322 e. The molecule has 1 aromatic heterocycles. The second-order valence-electron chi connectivity index (χ2n) is 7.13. The summed E-state index contributed by atoms with van der Waals surface area (Å²) in [6.45, 7) is 1.96. The summed E-state index contributed by atoms with van der Waals surface area (Å²) in [6.07, 6.45) is 1.15. The number of carbonyl (C=O) groups excluding carboxylic acids is 1. The van der Waals surface area contributed by atoms with Crippen LogP contribution in [-0.2, 0) is 9.84 Å². The fourth-order valence-electron chi connectivity index (χ4n) is 3.23. The predicted molar refractivity (Wildman–Crippen MR) is 125 cm³/mol. The Labute approximate surface area is 185 Å². The third-order valence-electron chi connectivity index (χ3n) is 4.81. The van der Waals surface area contributed by atoms with E-state index in [2.05, 4.69) is 10.3 Å². The van der Waals surface area contributed by atoms with E-state index in [1.165, 1.54) is 6.07 Å². The summed E-state index contributed by atoms with van der Waals surface area (Å²) >= 11 is 1.59. The van der Waals surface area contributed by atoms with Crippen LogP contribution in [0.3, 0.4) is 0 Å². The van der Waals surface area contributed by atoms with Crippen molar-refractivity contribution in [1.29, 1.82) is 0 Å². The van der Waals surface area contributed by atoms with Crippen molar-refractivity contribution >= 4 is 32.8 Å². The number of benzene rings is 3. The fraction of sp³-hybridized carbons (Fsp3) is 0.0833. The van der Waals surface area contributed by atoms with Gasteiger partial charge < -0.3 is 5.32 Å². The third kappa shape index (κ3) is 4.73. The first-order valence-electron chi connectivity index (χ1n) is 9.55. The van der Waals surface area contributed by atoms with Crippen molar-refractivity contribution in [2.45, 2.75) is 11.8 Å². The van der Waals surface area contributed by atoms with Gasteiger partial charge in [-0.2, -0.15) is 0 Å². The standard InChI is InChI=1S/C24H20N2O3S2/c1-16-25-23(15-30-16)18-8-10-19(11-9-18)26-24(27)21-13-12-20(31(2,28)29)14-22(21)17-6-4-3-5-7-17/h3-15H,1-2H3,(H,26,27). The number of nitrogens with one attached hydrogen (secondary N) is 1. The summed E-state index contributed by atoms with van der Waals surface area (Å²) in [7, 11) is -3.40. The zero-order valence-corrected chi connectivity index (χ0v) is 18.6. The molecule has 1 N–H and O–H groups in total. The SMILES string of the molecule is Cc1nc(-c2ccc(NC(=O)c3ccc(S(C)(=O)=O)cc3-c3ccccc3)cc2)cs1. The highest BCUT2D eigenvalue weighted by Gasteiger charge is 2.17. The summed E-state index contributed by atoms with van der Waals surface area (Å²) in [5, 5.41) is 5.90. The fourth-order valence-corrected chi connectivity index (χ4v) is 4.50. The molecule has 0 spiro atoms. The van der Waals surface area contributed by atoms with Crippen LogP contribution in [0.1, 0.15) is 15.4 Å². The van der Waals surface area contributed by atoms with Crippen molar-refractivity contribution in [3.63, 3.8) is 0 Å². The van der Waals surface area contributed by atoms with Crippen molar-refractivity contribution in [2.24, 2.45) is 0 Å². The lowest BCUT2D eigenvalue weighted by molar-refractivity contribution is 0.102. The molecule has 0 aliphatic heterocycles. The molecule has 1 heterocycles. The summed E-state index contributed by atoms with van der Waals surface area (Å²) in [6, 6.07) is 21.3. The van der Waals surface area contributed by atoms with Crippen LogP contribution in [0.25, 0.3) is 22.4 Å². The first kappa shape index (κ1) is 21.0. The van der Waals surface area contributed by atoms with E-state index in [9.17, 15) is 13.2 Å². The Morgan fingerprint density at radius 2 is 1.65 bits per heavy atom. The van der Waals surface area contributed by atoms with Crippen LogP contribution in [0.15, 0.2) is 83.1 Å². The topological polar surface area (TPSA) is 76.1 Å². The smallest absolute Gasteiger partial charge is 0.256 e. The predicted octanol–water partition coefficient (Wildman–Crippen LogP) is 5.44. The Hall–Kier alpha value is -3.29. The number of carbonyl (C=O) groups is 1. The van der Waals surface area contributed by atoms with Crippen LogP contribution in [0.5, 0.6) is 0 Å². The Bertz CT molecular complexity index is 1340. The number of thiazole rings is 1. The van der Waals surface area contributed by atoms with Gasteiger partial charge in [0.25, 0.3) is 5.91 Å². The Balaban J connectivity index is 1.65. The molecular weight excluding hydrogens is 428 g/mol. The first-order chi connectivity index (χ1) is 14.8. The Kier molecular flexibility index (Phi) is 5.71. The van der Waals surface area contributed by atoms with Crippen molar-refractivity contribution in [3.05, 3.63) is 88.7 Å². The molecule has 0 fully saturated rings. The molecule has 0 radical (unpaired) electrons. The maximum Gasteiger partial charge on any atom is 0.256 e. The zero-order valence-electron chi connectivity index (χ0n) is 17.0. The maximum atomic E-state index is 13.1. The normalized spacial score (nSPS) is 11.3. The number of hydrogen-bond acceptors (Lipinski definition) is 5. The number of rotatable bonds is 5. The number of sulfone groups is 1. The van der Waals surface area contributed by atoms with E-state index in [0.717, 1.165) is 28.1 Å². The van der Waals surface area contributed by atoms with E-state index in [0.29, 0.717) is 16.8 Å². The highest BCUT2D eigenvalue weighted by atomic mass is 32.2. The summed E-state index contributed by atoms with van der Waals surface area (Å²) in [4.78, 5) is 17.7. The van der Waals surface area contributed by atoms with Gasteiger partial charge in [0.15, 0.2) is 9.84 Å². The van der Waals surface area contributed by atoms with Crippen molar-refractivity contribution in [1.82, 2.24) is 4.98 Å². The number of aromatic nitrogens is 1. The maximum absolute atomic E-state index is 13.1. The second-order valence-corrected chi connectivity index (χ2v) is 10.2. The molecule has 31 heavy (non-hydrogen) atoms. The number of amides is 1. The van der Waals surface area contributed by atoms with Crippen LogP contribution in [0, 0.1) is 6.92 Å². The second kappa shape index (κ2) is 8.45. The number of anilines is 1. The Morgan fingerprint density at radius 3 is 2.26 bits per heavy atom. The summed E-state index contributed by atoms with van der Waals surface area (Å²) < 4.78 is 24.1. The Morgan fingerprint density at radius 1 is 0.935 bits per heavy atom. The minimum atomic E-state index is -3.40. The highest BCUT2D eigenvalue weighted by Crippen LogP contribution is 2.28. The molecule has 0 atom stereocenters. The van der Waals surface area contributed by atoms with Gasteiger partial charge >= 0.3 is 0 Å². The van der Waals surface area contributed by atoms with Gasteiger partial charge in [-0.25, -0.2) is 13.4 Å².